The van der Waals surface area contributed by atoms with Gasteiger partial charge in [0.2, 0.25) is 0 Å². The van der Waals surface area contributed by atoms with Crippen LogP contribution in [0, 0.1) is 0 Å². The van der Waals surface area contributed by atoms with Gasteiger partial charge in [-0.15, -0.1) is 0 Å². The van der Waals surface area contributed by atoms with Gasteiger partial charge in [-0.1, -0.05) is 12.2 Å². The Hall–Kier alpha value is -2.34. The Morgan fingerprint density at radius 2 is 2.05 bits per heavy atom. The summed E-state index contributed by atoms with van der Waals surface area (Å²) in [5.74, 6) is 2.27. The lowest BCUT2D eigenvalue weighted by Crippen LogP contribution is -2.10. The molecule has 0 amide bonds. The van der Waals surface area contributed by atoms with E-state index in [1.54, 1.807) is 20.4 Å². The predicted molar refractivity (Wildman–Crippen MR) is 87.0 cm³/mol. The third-order valence-corrected chi connectivity index (χ3v) is 3.24. The van der Waals surface area contributed by atoms with E-state index >= 15 is 0 Å². The molecule has 2 aromatic rings. The highest BCUT2D eigenvalue weighted by Crippen LogP contribution is 2.25. The third-order valence-electron chi connectivity index (χ3n) is 3.00. The maximum atomic E-state index is 5.54. The molecule has 0 unspecified atom stereocenters. The molecular formula is C15H17N3O2S. The first-order chi connectivity index (χ1) is 10.1. The highest BCUT2D eigenvalue weighted by atomic mass is 32.1. The van der Waals surface area contributed by atoms with Crippen LogP contribution < -0.4 is 20.5 Å². The molecule has 6 heteroatoms. The Balaban J connectivity index is 2.07. The molecule has 1 heterocycles. The molecule has 1 aromatic heterocycles. The van der Waals surface area contributed by atoms with Crippen molar-refractivity contribution in [2.24, 2.45) is 5.73 Å². The van der Waals surface area contributed by atoms with E-state index in [-0.39, 0.29) is 0 Å². The molecule has 0 aliphatic rings. The summed E-state index contributed by atoms with van der Waals surface area (Å²) in [5.41, 5.74) is 7.30. The van der Waals surface area contributed by atoms with Crippen LogP contribution in [0.1, 0.15) is 11.1 Å². The van der Waals surface area contributed by atoms with E-state index < -0.39 is 0 Å². The van der Waals surface area contributed by atoms with Gasteiger partial charge < -0.3 is 20.5 Å². The van der Waals surface area contributed by atoms with Gasteiger partial charge in [0.25, 0.3) is 0 Å². The van der Waals surface area contributed by atoms with Crippen molar-refractivity contribution in [2.45, 2.75) is 6.54 Å². The average Bonchev–Trinajstić information content (AvgIpc) is 2.53. The fraction of sp³-hybridized carbons (Fsp3) is 0.200. The maximum Gasteiger partial charge on any atom is 0.127 e. The Bertz CT molecular complexity index is 629. The van der Waals surface area contributed by atoms with Crippen LogP contribution in [0.15, 0.2) is 36.5 Å². The van der Waals surface area contributed by atoms with Gasteiger partial charge >= 0.3 is 0 Å². The fourth-order valence-electron chi connectivity index (χ4n) is 1.83. The van der Waals surface area contributed by atoms with Gasteiger partial charge in [-0.05, 0) is 24.3 Å². The summed E-state index contributed by atoms with van der Waals surface area (Å²) in [6, 6.07) is 9.37. The molecule has 0 saturated heterocycles. The number of pyridine rings is 1. The van der Waals surface area contributed by atoms with Gasteiger partial charge in [-0.2, -0.15) is 0 Å². The van der Waals surface area contributed by atoms with Crippen LogP contribution in [0.2, 0.25) is 0 Å². The van der Waals surface area contributed by atoms with Crippen LogP contribution >= 0.6 is 12.2 Å². The number of nitrogens with zero attached hydrogens (tertiary/aromatic N) is 1. The van der Waals surface area contributed by atoms with E-state index in [4.69, 9.17) is 27.4 Å². The zero-order chi connectivity index (χ0) is 15.2. The standard InChI is InChI=1S/C15H17N3O2S/c1-19-12-5-3-10(13(7-12)20-2)8-17-14-6-4-11(9-18-14)15(16)21/h3-7,9H,8H2,1-2H3,(H2,16,21)(H,17,18). The zero-order valence-corrected chi connectivity index (χ0v) is 12.7. The van der Waals surface area contributed by atoms with Crippen molar-refractivity contribution in [2.75, 3.05) is 19.5 Å². The van der Waals surface area contributed by atoms with E-state index in [0.29, 0.717) is 11.5 Å². The molecule has 0 saturated carbocycles. The first kappa shape index (κ1) is 15.1. The van der Waals surface area contributed by atoms with Gasteiger partial charge in [-0.3, -0.25) is 0 Å². The predicted octanol–water partition coefficient (Wildman–Crippen LogP) is 2.35. The Labute approximate surface area is 129 Å². The number of aromatic nitrogens is 1. The van der Waals surface area contributed by atoms with Gasteiger partial charge in [0.15, 0.2) is 0 Å². The molecule has 5 nitrogen and oxygen atoms in total. The molecule has 0 bridgehead atoms. The van der Waals surface area contributed by atoms with Crippen molar-refractivity contribution in [3.8, 4) is 11.5 Å². The Morgan fingerprint density at radius 3 is 2.62 bits per heavy atom. The smallest absolute Gasteiger partial charge is 0.127 e. The summed E-state index contributed by atoms with van der Waals surface area (Å²) in [4.78, 5) is 4.60. The van der Waals surface area contributed by atoms with Crippen molar-refractivity contribution >= 4 is 23.0 Å². The number of nitrogens with two attached hydrogens (primary N) is 1. The van der Waals surface area contributed by atoms with Crippen LogP contribution in [-0.2, 0) is 6.54 Å². The number of rotatable bonds is 6. The Morgan fingerprint density at radius 1 is 1.24 bits per heavy atom. The quantitative estimate of drug-likeness (QED) is 0.798. The molecule has 0 radical (unpaired) electrons. The minimum atomic E-state index is 0.339. The monoisotopic (exact) mass is 303 g/mol. The van der Waals surface area contributed by atoms with Gasteiger partial charge in [-0.25, -0.2) is 4.98 Å². The van der Waals surface area contributed by atoms with Crippen LogP contribution in [-0.4, -0.2) is 24.2 Å². The largest absolute Gasteiger partial charge is 0.497 e. The second kappa shape index (κ2) is 6.90. The van der Waals surface area contributed by atoms with Crippen LogP contribution in [0.25, 0.3) is 0 Å². The lowest BCUT2D eigenvalue weighted by molar-refractivity contribution is 0.391. The summed E-state index contributed by atoms with van der Waals surface area (Å²) in [6.07, 6.45) is 1.65. The zero-order valence-electron chi connectivity index (χ0n) is 11.9. The number of ether oxygens (including phenoxy) is 2. The van der Waals surface area contributed by atoms with Crippen molar-refractivity contribution < 1.29 is 9.47 Å². The highest BCUT2D eigenvalue weighted by Gasteiger charge is 2.05. The van der Waals surface area contributed by atoms with Crippen LogP contribution in [0.4, 0.5) is 5.82 Å². The molecule has 3 N–H and O–H groups in total. The van der Waals surface area contributed by atoms with Crippen molar-refractivity contribution in [1.82, 2.24) is 4.98 Å². The molecule has 1 aromatic carbocycles. The van der Waals surface area contributed by atoms with E-state index in [1.165, 1.54) is 0 Å². The first-order valence-corrected chi connectivity index (χ1v) is 6.75. The second-order valence-corrected chi connectivity index (χ2v) is 4.77. The van der Waals surface area contributed by atoms with Gasteiger partial charge in [0.1, 0.15) is 22.3 Å². The lowest BCUT2D eigenvalue weighted by atomic mass is 10.2. The van der Waals surface area contributed by atoms with E-state index in [9.17, 15) is 0 Å². The summed E-state index contributed by atoms with van der Waals surface area (Å²) in [5, 5.41) is 3.22. The number of nitrogens with one attached hydrogen (secondary N) is 1. The molecule has 2 rings (SSSR count). The van der Waals surface area contributed by atoms with Gasteiger partial charge in [0.05, 0.1) is 14.2 Å². The summed E-state index contributed by atoms with van der Waals surface area (Å²) >= 11 is 4.89. The fourth-order valence-corrected chi connectivity index (χ4v) is 1.95. The molecule has 0 atom stereocenters. The van der Waals surface area contributed by atoms with E-state index in [1.807, 2.05) is 30.3 Å². The molecule has 0 aliphatic carbocycles. The minimum Gasteiger partial charge on any atom is -0.497 e. The van der Waals surface area contributed by atoms with Crippen LogP contribution in [0.5, 0.6) is 11.5 Å². The second-order valence-electron chi connectivity index (χ2n) is 4.33. The van der Waals surface area contributed by atoms with Gasteiger partial charge in [0, 0.05) is 29.9 Å². The Kier molecular flexibility index (Phi) is 4.94. The number of benzene rings is 1. The topological polar surface area (TPSA) is 69.4 Å². The van der Waals surface area contributed by atoms with Crippen LogP contribution in [0.3, 0.4) is 0 Å². The summed E-state index contributed by atoms with van der Waals surface area (Å²) in [6.45, 7) is 0.590. The summed E-state index contributed by atoms with van der Waals surface area (Å²) in [7, 11) is 3.26. The van der Waals surface area contributed by atoms with Crippen molar-refractivity contribution in [3.63, 3.8) is 0 Å². The third kappa shape index (κ3) is 3.82. The molecule has 0 aliphatic heterocycles. The molecule has 110 valence electrons. The molecule has 21 heavy (non-hydrogen) atoms. The molecule has 0 fully saturated rings. The number of anilines is 1. The lowest BCUT2D eigenvalue weighted by Gasteiger charge is -2.11. The number of hydrogen-bond acceptors (Lipinski definition) is 5. The summed E-state index contributed by atoms with van der Waals surface area (Å²) < 4.78 is 10.5. The van der Waals surface area contributed by atoms with E-state index in [2.05, 4.69) is 10.3 Å². The van der Waals surface area contributed by atoms with Crippen molar-refractivity contribution in [3.05, 3.63) is 47.7 Å². The maximum absolute atomic E-state index is 5.54. The first-order valence-electron chi connectivity index (χ1n) is 6.34. The average molecular weight is 303 g/mol. The normalized spacial score (nSPS) is 10.0. The number of methoxy groups -OCH3 is 2. The molecule has 0 spiro atoms. The number of hydrogen-bond donors (Lipinski definition) is 2. The highest BCUT2D eigenvalue weighted by molar-refractivity contribution is 7.80. The SMILES string of the molecule is COc1ccc(CNc2ccc(C(N)=S)cn2)c(OC)c1. The minimum absolute atomic E-state index is 0.339. The molecular weight excluding hydrogens is 286 g/mol. The number of thiocarbonyl (C=S) groups is 1. The van der Waals surface area contributed by atoms with E-state index in [0.717, 1.165) is 28.4 Å². The van der Waals surface area contributed by atoms with Crippen molar-refractivity contribution in [1.29, 1.82) is 0 Å².